The Kier molecular flexibility index (Phi) is 11.0. The largest absolute Gasteiger partial charge is 0.497 e. The van der Waals surface area contributed by atoms with Crippen molar-refractivity contribution < 1.29 is 13.7 Å². The fraction of sp³-hybridized carbons (Fsp3) is 0.650. The van der Waals surface area contributed by atoms with E-state index in [2.05, 4.69) is 15.6 Å². The molecule has 154 valence electrons. The Balaban J connectivity index is 2.58. The quantitative estimate of drug-likeness (QED) is 0.341. The predicted molar refractivity (Wildman–Crippen MR) is 114 cm³/mol. The van der Waals surface area contributed by atoms with Gasteiger partial charge in [-0.25, -0.2) is 4.99 Å². The Morgan fingerprint density at radius 2 is 1.81 bits per heavy atom. The first kappa shape index (κ1) is 23.4. The van der Waals surface area contributed by atoms with Crippen LogP contribution in [0.1, 0.15) is 39.7 Å². The van der Waals surface area contributed by atoms with Gasteiger partial charge in [-0.2, -0.15) is 0 Å². The third kappa shape index (κ3) is 10.3. The molecule has 1 aromatic carbocycles. The molecule has 0 amide bonds. The third-order valence-corrected chi connectivity index (χ3v) is 5.74. The first-order valence-corrected chi connectivity index (χ1v) is 10.8. The average molecular weight is 398 g/mol. The van der Waals surface area contributed by atoms with Gasteiger partial charge in [-0.15, -0.1) is 0 Å². The standard InChI is InChI=1S/C20H35N3O3S/c1-6-26-14-7-12-21-19(22-13-15-27(24)20(2,3)4)23-16-17-8-10-18(25-5)11-9-17/h8-11H,6-7,12-16H2,1-5H3,(H2,21,22,23). The number of rotatable bonds is 11. The van der Waals surface area contributed by atoms with Crippen molar-refractivity contribution in [2.24, 2.45) is 4.99 Å². The summed E-state index contributed by atoms with van der Waals surface area (Å²) >= 11 is 0. The molecule has 0 saturated carbocycles. The van der Waals surface area contributed by atoms with E-state index in [0.717, 1.165) is 43.5 Å². The molecule has 1 atom stereocenters. The highest BCUT2D eigenvalue weighted by atomic mass is 32.2. The fourth-order valence-electron chi connectivity index (χ4n) is 2.17. The summed E-state index contributed by atoms with van der Waals surface area (Å²) in [5, 5.41) is 6.61. The van der Waals surface area contributed by atoms with Crippen molar-refractivity contribution in [2.75, 3.05) is 39.2 Å². The van der Waals surface area contributed by atoms with Crippen LogP contribution >= 0.6 is 0 Å². The Hall–Kier alpha value is -1.60. The van der Waals surface area contributed by atoms with Gasteiger partial charge >= 0.3 is 0 Å². The molecular weight excluding hydrogens is 362 g/mol. The number of nitrogens with zero attached hydrogens (tertiary/aromatic N) is 1. The van der Waals surface area contributed by atoms with Crippen LogP contribution < -0.4 is 15.4 Å². The number of benzene rings is 1. The average Bonchev–Trinajstić information content (AvgIpc) is 2.64. The number of aliphatic imine (C=N–C) groups is 1. The molecule has 0 aromatic heterocycles. The van der Waals surface area contributed by atoms with E-state index >= 15 is 0 Å². The number of methoxy groups -OCH3 is 1. The normalized spacial score (nSPS) is 13.3. The highest BCUT2D eigenvalue weighted by Gasteiger charge is 2.18. The molecule has 0 fully saturated rings. The minimum Gasteiger partial charge on any atom is -0.497 e. The maximum absolute atomic E-state index is 12.2. The van der Waals surface area contributed by atoms with Crippen LogP contribution in [0.4, 0.5) is 0 Å². The van der Waals surface area contributed by atoms with Crippen molar-refractivity contribution in [2.45, 2.75) is 45.4 Å². The lowest BCUT2D eigenvalue weighted by Gasteiger charge is -2.18. The van der Waals surface area contributed by atoms with Crippen LogP contribution in [0, 0.1) is 0 Å². The SMILES string of the molecule is CCOCCCNC(=NCc1ccc(OC)cc1)NCCS(=O)C(C)(C)C. The first-order chi connectivity index (χ1) is 12.9. The zero-order chi connectivity index (χ0) is 20.1. The van der Waals surface area contributed by atoms with Crippen molar-refractivity contribution in [1.82, 2.24) is 10.6 Å². The van der Waals surface area contributed by atoms with Crippen molar-refractivity contribution >= 4 is 16.8 Å². The Morgan fingerprint density at radius 1 is 1.15 bits per heavy atom. The molecule has 1 rings (SSSR count). The zero-order valence-electron chi connectivity index (χ0n) is 17.3. The van der Waals surface area contributed by atoms with Gasteiger partial charge < -0.3 is 20.1 Å². The second-order valence-electron chi connectivity index (χ2n) is 7.08. The van der Waals surface area contributed by atoms with Gasteiger partial charge in [-0.05, 0) is 51.8 Å². The summed E-state index contributed by atoms with van der Waals surface area (Å²) in [5.41, 5.74) is 1.10. The fourth-order valence-corrected chi connectivity index (χ4v) is 3.07. The highest BCUT2D eigenvalue weighted by Crippen LogP contribution is 2.12. The van der Waals surface area contributed by atoms with Crippen LogP contribution in [0.15, 0.2) is 29.3 Å². The van der Waals surface area contributed by atoms with Crippen LogP contribution in [0.2, 0.25) is 0 Å². The second-order valence-corrected chi connectivity index (χ2v) is 9.40. The number of guanidine groups is 1. The van der Waals surface area contributed by atoms with E-state index in [0.29, 0.717) is 18.8 Å². The second kappa shape index (κ2) is 12.7. The van der Waals surface area contributed by atoms with Crippen molar-refractivity contribution in [3.05, 3.63) is 29.8 Å². The maximum Gasteiger partial charge on any atom is 0.191 e. The monoisotopic (exact) mass is 397 g/mol. The minimum absolute atomic E-state index is 0.201. The minimum atomic E-state index is -0.887. The van der Waals surface area contributed by atoms with Crippen LogP contribution in [-0.4, -0.2) is 54.1 Å². The number of nitrogens with one attached hydrogen (secondary N) is 2. The van der Waals surface area contributed by atoms with Crippen molar-refractivity contribution in [3.63, 3.8) is 0 Å². The molecule has 2 N–H and O–H groups in total. The van der Waals surface area contributed by atoms with E-state index in [9.17, 15) is 4.21 Å². The number of hydrogen-bond donors (Lipinski definition) is 2. The number of hydrogen-bond acceptors (Lipinski definition) is 4. The van der Waals surface area contributed by atoms with Crippen LogP contribution in [0.25, 0.3) is 0 Å². The summed E-state index contributed by atoms with van der Waals surface area (Å²) in [6.45, 7) is 11.4. The lowest BCUT2D eigenvalue weighted by Crippen LogP contribution is -2.41. The summed E-state index contributed by atoms with van der Waals surface area (Å²) in [7, 11) is 0.769. The van der Waals surface area contributed by atoms with Gasteiger partial charge in [0, 0.05) is 47.6 Å². The number of ether oxygens (including phenoxy) is 2. The zero-order valence-corrected chi connectivity index (χ0v) is 18.2. The molecule has 6 nitrogen and oxygen atoms in total. The molecule has 0 spiro atoms. The topological polar surface area (TPSA) is 71.9 Å². The summed E-state index contributed by atoms with van der Waals surface area (Å²) < 4.78 is 22.5. The van der Waals surface area contributed by atoms with Crippen LogP contribution in [0.5, 0.6) is 5.75 Å². The van der Waals surface area contributed by atoms with Gasteiger partial charge in [0.25, 0.3) is 0 Å². The molecule has 1 aromatic rings. The molecule has 0 aliphatic carbocycles. The van der Waals surface area contributed by atoms with Gasteiger partial charge in [0.1, 0.15) is 5.75 Å². The highest BCUT2D eigenvalue weighted by molar-refractivity contribution is 7.86. The van der Waals surface area contributed by atoms with Gasteiger partial charge in [-0.1, -0.05) is 12.1 Å². The Bertz CT molecular complexity index is 583. The smallest absolute Gasteiger partial charge is 0.191 e. The molecule has 27 heavy (non-hydrogen) atoms. The molecular formula is C20H35N3O3S. The molecule has 0 saturated heterocycles. The Morgan fingerprint density at radius 3 is 2.41 bits per heavy atom. The Labute approximate surface area is 166 Å². The van der Waals surface area contributed by atoms with E-state index in [-0.39, 0.29) is 4.75 Å². The van der Waals surface area contributed by atoms with E-state index in [1.54, 1.807) is 7.11 Å². The molecule has 1 unspecified atom stereocenters. The van der Waals surface area contributed by atoms with E-state index in [1.165, 1.54) is 0 Å². The first-order valence-electron chi connectivity index (χ1n) is 9.48. The summed E-state index contributed by atoms with van der Waals surface area (Å²) in [4.78, 5) is 4.64. The predicted octanol–water partition coefficient (Wildman–Crippen LogP) is 2.70. The third-order valence-electron chi connectivity index (χ3n) is 3.80. The van der Waals surface area contributed by atoms with Gasteiger partial charge in [0.15, 0.2) is 5.96 Å². The summed E-state index contributed by atoms with van der Waals surface area (Å²) in [6, 6.07) is 7.87. The van der Waals surface area contributed by atoms with Gasteiger partial charge in [0.2, 0.25) is 0 Å². The van der Waals surface area contributed by atoms with E-state index in [4.69, 9.17) is 9.47 Å². The summed E-state index contributed by atoms with van der Waals surface area (Å²) in [5.74, 6) is 2.15. The molecule has 0 bridgehead atoms. The maximum atomic E-state index is 12.2. The van der Waals surface area contributed by atoms with Crippen molar-refractivity contribution in [3.8, 4) is 5.75 Å². The molecule has 0 aliphatic heterocycles. The van der Waals surface area contributed by atoms with E-state index < -0.39 is 10.8 Å². The van der Waals surface area contributed by atoms with E-state index in [1.807, 2.05) is 52.0 Å². The van der Waals surface area contributed by atoms with Gasteiger partial charge in [-0.3, -0.25) is 4.21 Å². The molecule has 0 heterocycles. The lowest BCUT2D eigenvalue weighted by molar-refractivity contribution is 0.145. The van der Waals surface area contributed by atoms with Crippen molar-refractivity contribution in [1.29, 1.82) is 0 Å². The molecule has 7 heteroatoms. The van der Waals surface area contributed by atoms with Gasteiger partial charge in [0.05, 0.1) is 13.7 Å². The van der Waals surface area contributed by atoms with Crippen LogP contribution in [0.3, 0.4) is 0 Å². The lowest BCUT2D eigenvalue weighted by atomic mass is 10.2. The summed E-state index contributed by atoms with van der Waals surface area (Å²) in [6.07, 6.45) is 0.908. The van der Waals surface area contributed by atoms with Crippen LogP contribution in [-0.2, 0) is 22.1 Å². The molecule has 0 radical (unpaired) electrons. The molecule has 0 aliphatic rings.